The summed E-state index contributed by atoms with van der Waals surface area (Å²) < 4.78 is 0. The average molecular weight is 879 g/mol. The van der Waals surface area contributed by atoms with Crippen LogP contribution < -0.4 is 15.6 Å². The van der Waals surface area contributed by atoms with Gasteiger partial charge < -0.3 is 0 Å². The lowest BCUT2D eigenvalue weighted by Crippen LogP contribution is -2.72. The first-order valence-corrected chi connectivity index (χ1v) is 25.8. The Morgan fingerprint density at radius 1 is 0.284 bits per heavy atom. The summed E-state index contributed by atoms with van der Waals surface area (Å²) in [5.41, 5.74) is 23.1. The van der Waals surface area contributed by atoms with Crippen molar-refractivity contribution in [3.8, 4) is 66.8 Å². The van der Waals surface area contributed by atoms with E-state index in [9.17, 15) is 0 Å². The fourth-order valence-electron chi connectivity index (χ4n) is 11.4. The fraction of sp³-hybridized carbons (Fsp3) is 0.121. The Morgan fingerprint density at radius 3 is 0.672 bits per heavy atom. The molecule has 9 aromatic carbocycles. The van der Waals surface area contributed by atoms with Crippen molar-refractivity contribution in [3.63, 3.8) is 0 Å². The van der Waals surface area contributed by atoms with Gasteiger partial charge in [0.2, 0.25) is 0 Å². The monoisotopic (exact) mass is 878 g/mol. The van der Waals surface area contributed by atoms with Crippen LogP contribution in [0.3, 0.4) is 0 Å². The van der Waals surface area contributed by atoms with Gasteiger partial charge in [0, 0.05) is 0 Å². The van der Waals surface area contributed by atoms with Gasteiger partial charge >= 0.3 is 0 Å². The van der Waals surface area contributed by atoms with Crippen molar-refractivity contribution in [1.82, 2.24) is 0 Å². The zero-order valence-electron chi connectivity index (χ0n) is 39.9. The van der Waals surface area contributed by atoms with Crippen LogP contribution in [0.2, 0.25) is 0 Å². The SMILES string of the molecule is CC1=C(C)C(C)C([Si](c2c(-c3ccccc3)cc(C)cc2-c2ccccc2)(c2c(-c3ccccc3)cc(C)cc2-c2ccccc2)c2c(-c3ccccc3)cc(C)cc2-c2ccccc2)=C1C. The fourth-order valence-corrected chi connectivity index (χ4v) is 18.3. The summed E-state index contributed by atoms with van der Waals surface area (Å²) in [7, 11) is -3.80. The Kier molecular flexibility index (Phi) is 11.8. The van der Waals surface area contributed by atoms with Crippen LogP contribution >= 0.6 is 0 Å². The van der Waals surface area contributed by atoms with Gasteiger partial charge in [-0.1, -0.05) is 242 Å². The van der Waals surface area contributed by atoms with Crippen molar-refractivity contribution < 1.29 is 0 Å². The van der Waals surface area contributed by atoms with E-state index in [2.05, 4.69) is 267 Å². The molecular weight excluding hydrogens is 821 g/mol. The second-order valence-electron chi connectivity index (χ2n) is 18.7. The second kappa shape index (κ2) is 18.2. The van der Waals surface area contributed by atoms with Gasteiger partial charge in [0.1, 0.15) is 0 Å². The summed E-state index contributed by atoms with van der Waals surface area (Å²) in [6.45, 7) is 16.6. The minimum atomic E-state index is -3.80. The second-order valence-corrected chi connectivity index (χ2v) is 22.3. The van der Waals surface area contributed by atoms with E-state index in [-0.39, 0.29) is 5.92 Å². The van der Waals surface area contributed by atoms with Gasteiger partial charge in [-0.15, -0.1) is 0 Å². The van der Waals surface area contributed by atoms with Crippen LogP contribution in [0.5, 0.6) is 0 Å². The molecule has 0 amide bonds. The molecule has 67 heavy (non-hydrogen) atoms. The molecule has 0 heterocycles. The molecule has 1 unspecified atom stereocenters. The van der Waals surface area contributed by atoms with Gasteiger partial charge in [-0.2, -0.15) is 0 Å². The van der Waals surface area contributed by atoms with Crippen molar-refractivity contribution in [3.05, 3.63) is 257 Å². The summed E-state index contributed by atoms with van der Waals surface area (Å²) in [5.74, 6) is 0.141. The summed E-state index contributed by atoms with van der Waals surface area (Å²) >= 11 is 0. The van der Waals surface area contributed by atoms with Crippen LogP contribution in [0.15, 0.2) is 240 Å². The first-order valence-electron chi connectivity index (χ1n) is 23.8. The number of aryl methyl sites for hydroxylation is 3. The molecule has 0 bridgehead atoms. The Bertz CT molecular complexity index is 2810. The molecule has 0 spiro atoms. The normalized spacial score (nSPS) is 13.9. The highest BCUT2D eigenvalue weighted by Gasteiger charge is 2.54. The van der Waals surface area contributed by atoms with Gasteiger partial charge in [-0.25, -0.2) is 0 Å². The number of hydrogen-bond donors (Lipinski definition) is 0. The van der Waals surface area contributed by atoms with E-state index < -0.39 is 8.07 Å². The summed E-state index contributed by atoms with van der Waals surface area (Å²) in [6, 6.07) is 82.8. The number of allylic oxidation sites excluding steroid dienone is 4. The molecule has 0 N–H and O–H groups in total. The summed E-state index contributed by atoms with van der Waals surface area (Å²) in [4.78, 5) is 0. The third-order valence-electron chi connectivity index (χ3n) is 14.5. The van der Waals surface area contributed by atoms with Crippen LogP contribution in [0, 0.1) is 26.7 Å². The summed E-state index contributed by atoms with van der Waals surface area (Å²) in [5, 5.41) is 5.83. The zero-order chi connectivity index (χ0) is 46.2. The number of rotatable bonds is 10. The first-order chi connectivity index (χ1) is 32.7. The van der Waals surface area contributed by atoms with E-state index in [0.29, 0.717) is 0 Å². The van der Waals surface area contributed by atoms with E-state index in [1.807, 2.05) is 0 Å². The van der Waals surface area contributed by atoms with Crippen molar-refractivity contribution >= 4 is 23.6 Å². The Balaban J connectivity index is 1.63. The van der Waals surface area contributed by atoms with Crippen LogP contribution in [-0.4, -0.2) is 8.07 Å². The lowest BCUT2D eigenvalue weighted by molar-refractivity contribution is 0.852. The van der Waals surface area contributed by atoms with E-state index in [1.54, 1.807) is 5.20 Å². The van der Waals surface area contributed by atoms with Crippen molar-refractivity contribution in [2.24, 2.45) is 5.92 Å². The molecular formula is C66H58Si. The Labute approximate surface area is 399 Å². The lowest BCUT2D eigenvalue weighted by atomic mass is 9.95. The number of hydrogen-bond acceptors (Lipinski definition) is 0. The highest BCUT2D eigenvalue weighted by molar-refractivity contribution is 7.19. The predicted molar refractivity (Wildman–Crippen MR) is 291 cm³/mol. The maximum absolute atomic E-state index is 3.80. The van der Waals surface area contributed by atoms with Crippen LogP contribution in [0.1, 0.15) is 44.4 Å². The molecule has 0 saturated heterocycles. The molecule has 326 valence electrons. The summed E-state index contributed by atoms with van der Waals surface area (Å²) in [6.07, 6.45) is 0. The van der Waals surface area contributed by atoms with Gasteiger partial charge in [0.25, 0.3) is 0 Å². The van der Waals surface area contributed by atoms with Gasteiger partial charge in [-0.05, 0) is 152 Å². The third kappa shape index (κ3) is 7.68. The molecule has 1 heteroatoms. The van der Waals surface area contributed by atoms with Crippen molar-refractivity contribution in [2.45, 2.75) is 48.5 Å². The third-order valence-corrected chi connectivity index (χ3v) is 20.0. The maximum atomic E-state index is 2.52. The standard InChI is InChI=1S/C66H58Si/c1-44-38-57(51-26-14-8-15-27-51)64(58(39-44)52-28-16-9-17-29-52)67(63-49(6)47(4)48(5)50(63)7,65-59(53-30-18-10-19-31-53)40-45(2)41-60(65)54-32-20-11-21-33-54)66-61(55-34-22-12-23-35-55)42-46(3)43-62(66)56-36-24-13-25-37-56/h8-43,49H,1-7H3. The zero-order valence-corrected chi connectivity index (χ0v) is 40.9. The smallest absolute Gasteiger partial charge is 0.0636 e. The lowest BCUT2D eigenvalue weighted by Gasteiger charge is -2.45. The molecule has 0 saturated carbocycles. The predicted octanol–water partition coefficient (Wildman–Crippen LogP) is 15.9. The molecule has 10 rings (SSSR count). The van der Waals surface area contributed by atoms with E-state index in [4.69, 9.17) is 0 Å². The topological polar surface area (TPSA) is 0 Å². The van der Waals surface area contributed by atoms with E-state index in [0.717, 1.165) is 0 Å². The average Bonchev–Trinajstić information content (AvgIpc) is 3.57. The minimum Gasteiger partial charge on any atom is -0.0636 e. The molecule has 0 aliphatic heterocycles. The Morgan fingerprint density at radius 2 is 0.493 bits per heavy atom. The quantitative estimate of drug-likeness (QED) is 0.0948. The van der Waals surface area contributed by atoms with Crippen LogP contribution in [-0.2, 0) is 0 Å². The highest BCUT2D eigenvalue weighted by atomic mass is 28.3. The molecule has 1 aliphatic rings. The largest absolute Gasteiger partial charge is 0.180 e. The molecule has 0 aromatic heterocycles. The first kappa shape index (κ1) is 43.6. The van der Waals surface area contributed by atoms with Crippen molar-refractivity contribution in [1.29, 1.82) is 0 Å². The van der Waals surface area contributed by atoms with Crippen LogP contribution in [0.4, 0.5) is 0 Å². The van der Waals surface area contributed by atoms with Gasteiger partial charge in [-0.3, -0.25) is 0 Å². The van der Waals surface area contributed by atoms with Crippen LogP contribution in [0.25, 0.3) is 66.8 Å². The molecule has 0 fully saturated rings. The van der Waals surface area contributed by atoms with Gasteiger partial charge in [0.15, 0.2) is 8.07 Å². The Hall–Kier alpha value is -7.32. The van der Waals surface area contributed by atoms with E-state index >= 15 is 0 Å². The molecule has 0 nitrogen and oxygen atoms in total. The maximum Gasteiger partial charge on any atom is 0.180 e. The molecule has 0 radical (unpaired) electrons. The minimum absolute atomic E-state index is 0.141. The van der Waals surface area contributed by atoms with Crippen molar-refractivity contribution in [2.75, 3.05) is 0 Å². The molecule has 9 aromatic rings. The molecule has 1 aliphatic carbocycles. The number of benzene rings is 9. The highest BCUT2D eigenvalue weighted by Crippen LogP contribution is 2.48. The van der Waals surface area contributed by atoms with Gasteiger partial charge in [0.05, 0.1) is 0 Å². The van der Waals surface area contributed by atoms with E-state index in [1.165, 1.54) is 116 Å². The molecule has 1 atom stereocenters.